The number of hydrogen-bond acceptors (Lipinski definition) is 4. The minimum absolute atomic E-state index is 0.0203. The number of pyridine rings is 1. The minimum atomic E-state index is -4.83. The Hall–Kier alpha value is -3.11. The number of nitrogens with zero attached hydrogens (tertiary/aromatic N) is 3. The maximum atomic E-state index is 13.3. The van der Waals surface area contributed by atoms with Crippen molar-refractivity contribution in [2.75, 3.05) is 5.32 Å². The third-order valence-electron chi connectivity index (χ3n) is 4.09. The summed E-state index contributed by atoms with van der Waals surface area (Å²) in [7, 11) is 0. The molecular formula is C20H16Cl2F3N5O2. The first kappa shape index (κ1) is 23.6. The van der Waals surface area contributed by atoms with Gasteiger partial charge in [-0.3, -0.25) is 9.59 Å². The van der Waals surface area contributed by atoms with E-state index in [4.69, 9.17) is 23.2 Å². The first-order valence-corrected chi connectivity index (χ1v) is 9.93. The number of benzene rings is 1. The van der Waals surface area contributed by atoms with Crippen molar-refractivity contribution in [3.63, 3.8) is 0 Å². The summed E-state index contributed by atoms with van der Waals surface area (Å²) >= 11 is 12.2. The fourth-order valence-electron chi connectivity index (χ4n) is 2.73. The molecule has 0 aliphatic rings. The van der Waals surface area contributed by atoms with Crippen LogP contribution in [0.2, 0.25) is 10.0 Å². The molecule has 7 nitrogen and oxygen atoms in total. The summed E-state index contributed by atoms with van der Waals surface area (Å²) in [6, 6.07) is 7.58. The second-order valence-electron chi connectivity index (χ2n) is 6.88. The Labute approximate surface area is 190 Å². The van der Waals surface area contributed by atoms with Crippen molar-refractivity contribution in [1.29, 1.82) is 0 Å². The summed E-state index contributed by atoms with van der Waals surface area (Å²) in [6.45, 7) is 3.49. The molecule has 168 valence electrons. The van der Waals surface area contributed by atoms with Crippen LogP contribution >= 0.6 is 23.2 Å². The van der Waals surface area contributed by atoms with Crippen molar-refractivity contribution in [3.05, 3.63) is 69.6 Å². The molecule has 0 unspecified atom stereocenters. The molecule has 2 amide bonds. The van der Waals surface area contributed by atoms with Gasteiger partial charge in [0, 0.05) is 18.3 Å². The van der Waals surface area contributed by atoms with Crippen LogP contribution in [0.4, 0.5) is 18.9 Å². The van der Waals surface area contributed by atoms with E-state index in [0.29, 0.717) is 10.7 Å². The van der Waals surface area contributed by atoms with Crippen LogP contribution in [0.15, 0.2) is 42.6 Å². The van der Waals surface area contributed by atoms with Crippen molar-refractivity contribution in [2.24, 2.45) is 0 Å². The fourth-order valence-corrected chi connectivity index (χ4v) is 3.16. The van der Waals surface area contributed by atoms with Crippen LogP contribution in [0, 0.1) is 0 Å². The van der Waals surface area contributed by atoms with Gasteiger partial charge >= 0.3 is 6.18 Å². The van der Waals surface area contributed by atoms with Crippen LogP contribution in [0.3, 0.4) is 0 Å². The topological polar surface area (TPSA) is 88.9 Å². The van der Waals surface area contributed by atoms with Gasteiger partial charge in [0.1, 0.15) is 5.69 Å². The van der Waals surface area contributed by atoms with Crippen LogP contribution < -0.4 is 10.6 Å². The third kappa shape index (κ3) is 5.03. The Morgan fingerprint density at radius 3 is 2.38 bits per heavy atom. The molecule has 0 aliphatic heterocycles. The maximum absolute atomic E-state index is 13.3. The smallest absolute Gasteiger partial charge is 0.350 e. The molecule has 0 fully saturated rings. The average molecular weight is 486 g/mol. The normalized spacial score (nSPS) is 11.5. The van der Waals surface area contributed by atoms with Crippen molar-refractivity contribution < 1.29 is 22.8 Å². The maximum Gasteiger partial charge on any atom is 0.435 e. The molecule has 1 aromatic carbocycles. The third-order valence-corrected chi connectivity index (χ3v) is 4.70. The van der Waals surface area contributed by atoms with Gasteiger partial charge in [-0.25, -0.2) is 9.67 Å². The average Bonchev–Trinajstić information content (AvgIpc) is 3.15. The summed E-state index contributed by atoms with van der Waals surface area (Å²) in [5, 5.41) is 8.55. The Morgan fingerprint density at radius 1 is 1.06 bits per heavy atom. The van der Waals surface area contributed by atoms with E-state index in [2.05, 4.69) is 20.7 Å². The van der Waals surface area contributed by atoms with Crippen molar-refractivity contribution in [1.82, 2.24) is 20.1 Å². The molecule has 2 N–H and O–H groups in total. The summed E-state index contributed by atoms with van der Waals surface area (Å²) in [5.41, 5.74) is -1.85. The van der Waals surface area contributed by atoms with Gasteiger partial charge in [-0.1, -0.05) is 29.3 Å². The molecule has 3 rings (SSSR count). The lowest BCUT2D eigenvalue weighted by Crippen LogP contribution is -2.31. The Morgan fingerprint density at radius 2 is 1.75 bits per heavy atom. The Balaban J connectivity index is 2.07. The lowest BCUT2D eigenvalue weighted by atomic mass is 10.1. The number of carbonyl (C=O) groups excluding carboxylic acids is 2. The van der Waals surface area contributed by atoms with Gasteiger partial charge in [0.2, 0.25) is 0 Å². The molecule has 12 heteroatoms. The number of aromatic nitrogens is 3. The number of para-hydroxylation sites is 1. The standard InChI is InChI=1S/C20H16Cl2F3N5O2/c1-10(2)27-18(31)11-5-3-6-12(21)16(11)28-19(32)14-9-15(20(23,24)25)29-30(14)17-13(22)7-4-8-26-17/h3-10H,1-2H3,(H,27,31)(H,28,32). The first-order valence-electron chi connectivity index (χ1n) is 9.18. The van der Waals surface area contributed by atoms with E-state index in [0.717, 1.165) is 0 Å². The zero-order chi connectivity index (χ0) is 23.6. The molecule has 3 aromatic rings. The molecule has 0 bridgehead atoms. The molecule has 0 atom stereocenters. The van der Waals surface area contributed by atoms with Crippen molar-refractivity contribution in [3.8, 4) is 5.82 Å². The summed E-state index contributed by atoms with van der Waals surface area (Å²) in [5.74, 6) is -1.69. The predicted octanol–water partition coefficient (Wildman–Crippen LogP) is 4.98. The second-order valence-corrected chi connectivity index (χ2v) is 7.69. The summed E-state index contributed by atoms with van der Waals surface area (Å²) < 4.78 is 40.6. The molecule has 0 radical (unpaired) electrons. The molecule has 0 saturated heterocycles. The number of halogens is 5. The van der Waals surface area contributed by atoms with Crippen molar-refractivity contribution in [2.45, 2.75) is 26.1 Å². The lowest BCUT2D eigenvalue weighted by molar-refractivity contribution is -0.141. The quantitative estimate of drug-likeness (QED) is 0.533. The first-order chi connectivity index (χ1) is 15.0. The highest BCUT2D eigenvalue weighted by Crippen LogP contribution is 2.32. The molecule has 2 heterocycles. The lowest BCUT2D eigenvalue weighted by Gasteiger charge is -2.15. The van der Waals surface area contributed by atoms with E-state index >= 15 is 0 Å². The highest BCUT2D eigenvalue weighted by Gasteiger charge is 2.36. The molecule has 0 saturated carbocycles. The van der Waals surface area contributed by atoms with Gasteiger partial charge < -0.3 is 10.6 Å². The van der Waals surface area contributed by atoms with Crippen LogP contribution in [0.1, 0.15) is 40.4 Å². The predicted molar refractivity (Wildman–Crippen MR) is 113 cm³/mol. The number of anilines is 1. The van der Waals surface area contributed by atoms with E-state index in [1.165, 1.54) is 36.5 Å². The number of nitrogens with one attached hydrogen (secondary N) is 2. The number of carbonyl (C=O) groups is 2. The van der Waals surface area contributed by atoms with Gasteiger partial charge in [-0.15, -0.1) is 0 Å². The molecule has 2 aromatic heterocycles. The van der Waals surface area contributed by atoms with Crippen LogP contribution in [0.5, 0.6) is 0 Å². The number of rotatable bonds is 5. The summed E-state index contributed by atoms with van der Waals surface area (Å²) in [4.78, 5) is 29.4. The van der Waals surface area contributed by atoms with Gasteiger partial charge in [-0.05, 0) is 38.1 Å². The second kappa shape index (κ2) is 9.17. The van der Waals surface area contributed by atoms with E-state index in [9.17, 15) is 22.8 Å². The monoisotopic (exact) mass is 485 g/mol. The van der Waals surface area contributed by atoms with E-state index in [1.54, 1.807) is 13.8 Å². The Kier molecular flexibility index (Phi) is 6.75. The summed E-state index contributed by atoms with van der Waals surface area (Å²) in [6.07, 6.45) is -3.53. The number of alkyl halides is 3. The van der Waals surface area contributed by atoms with Crippen LogP contribution in [0.25, 0.3) is 5.82 Å². The zero-order valence-electron chi connectivity index (χ0n) is 16.7. The van der Waals surface area contributed by atoms with Gasteiger partial charge in [0.25, 0.3) is 11.8 Å². The SMILES string of the molecule is CC(C)NC(=O)c1cccc(Cl)c1NC(=O)c1cc(C(F)(F)F)nn1-c1ncccc1Cl. The van der Waals surface area contributed by atoms with Gasteiger partial charge in [0.15, 0.2) is 11.5 Å². The van der Waals surface area contributed by atoms with E-state index in [1.807, 2.05) is 0 Å². The number of amides is 2. The van der Waals surface area contributed by atoms with E-state index < -0.39 is 29.4 Å². The van der Waals surface area contributed by atoms with Gasteiger partial charge in [-0.2, -0.15) is 18.3 Å². The largest absolute Gasteiger partial charge is 0.435 e. The van der Waals surface area contributed by atoms with E-state index in [-0.39, 0.29) is 33.2 Å². The molecule has 0 spiro atoms. The highest BCUT2D eigenvalue weighted by molar-refractivity contribution is 6.35. The van der Waals surface area contributed by atoms with Crippen molar-refractivity contribution >= 4 is 40.7 Å². The highest BCUT2D eigenvalue weighted by atomic mass is 35.5. The fraction of sp³-hybridized carbons (Fsp3) is 0.200. The van der Waals surface area contributed by atoms with Crippen LogP contribution in [-0.2, 0) is 6.18 Å². The molecule has 0 aliphatic carbocycles. The van der Waals surface area contributed by atoms with Crippen LogP contribution in [-0.4, -0.2) is 32.6 Å². The molecular weight excluding hydrogens is 470 g/mol. The molecule has 32 heavy (non-hydrogen) atoms. The minimum Gasteiger partial charge on any atom is -0.350 e. The van der Waals surface area contributed by atoms with Gasteiger partial charge in [0.05, 0.1) is 21.3 Å². The zero-order valence-corrected chi connectivity index (χ0v) is 18.2. The number of hydrogen-bond donors (Lipinski definition) is 2. The Bertz CT molecular complexity index is 1180.